The van der Waals surface area contributed by atoms with Crippen molar-refractivity contribution in [2.45, 2.75) is 25.9 Å². The Morgan fingerprint density at radius 1 is 0.889 bits per heavy atom. The largest absolute Gasteiger partial charge is 0.392 e. The van der Waals surface area contributed by atoms with E-state index in [2.05, 4.69) is 48.4 Å². The van der Waals surface area contributed by atoms with E-state index >= 15 is 0 Å². The zero-order chi connectivity index (χ0) is 14.0. The normalized spacial score (nSPS) is 13.8. The average Bonchev–Trinajstić information content (AvgIpc) is 2.24. The minimum absolute atomic E-state index is 0.296. The molecule has 0 bridgehead atoms. The summed E-state index contributed by atoms with van der Waals surface area (Å²) in [5.74, 6) is 0. The highest BCUT2D eigenvalue weighted by Crippen LogP contribution is 1.94. The molecule has 5 heteroatoms. The first-order valence-electron chi connectivity index (χ1n) is 6.87. The molecule has 0 rings (SSSR count). The first kappa shape index (κ1) is 17.8. The standard InChI is InChI=1S/C13H32N4O/c1-13(18)12-14-17(10-6-8-15(2)3)11-7-9-16(4)5/h13-14,18H,6-12H2,1-5H3. The van der Waals surface area contributed by atoms with Gasteiger partial charge in [0.2, 0.25) is 0 Å². The fourth-order valence-corrected chi connectivity index (χ4v) is 1.69. The predicted octanol–water partition coefficient (Wildman–Crippen LogP) is 0.0772. The molecule has 0 heterocycles. The quantitative estimate of drug-likeness (QED) is 0.515. The summed E-state index contributed by atoms with van der Waals surface area (Å²) in [7, 11) is 8.39. The van der Waals surface area contributed by atoms with Gasteiger partial charge in [0, 0.05) is 19.6 Å². The van der Waals surface area contributed by atoms with Crippen LogP contribution in [0.3, 0.4) is 0 Å². The van der Waals surface area contributed by atoms with Crippen LogP contribution in [0, 0.1) is 0 Å². The summed E-state index contributed by atoms with van der Waals surface area (Å²) in [6.45, 7) is 6.69. The maximum Gasteiger partial charge on any atom is 0.0650 e. The van der Waals surface area contributed by atoms with Gasteiger partial charge >= 0.3 is 0 Å². The smallest absolute Gasteiger partial charge is 0.0650 e. The lowest BCUT2D eigenvalue weighted by molar-refractivity contribution is 0.117. The van der Waals surface area contributed by atoms with Crippen LogP contribution in [-0.4, -0.2) is 86.9 Å². The summed E-state index contributed by atoms with van der Waals surface area (Å²) in [4.78, 5) is 4.40. The van der Waals surface area contributed by atoms with Gasteiger partial charge in [-0.3, -0.25) is 5.43 Å². The zero-order valence-corrected chi connectivity index (χ0v) is 12.8. The third-order valence-corrected chi connectivity index (χ3v) is 2.68. The number of aliphatic hydroxyl groups is 1. The van der Waals surface area contributed by atoms with Gasteiger partial charge in [-0.25, -0.2) is 5.01 Å². The van der Waals surface area contributed by atoms with Crippen molar-refractivity contribution in [3.8, 4) is 0 Å². The van der Waals surface area contributed by atoms with Crippen molar-refractivity contribution in [1.29, 1.82) is 0 Å². The summed E-state index contributed by atoms with van der Waals surface area (Å²) >= 11 is 0. The summed E-state index contributed by atoms with van der Waals surface area (Å²) in [5, 5.41) is 11.6. The Balaban J connectivity index is 3.84. The highest BCUT2D eigenvalue weighted by atomic mass is 16.3. The van der Waals surface area contributed by atoms with Crippen LogP contribution < -0.4 is 5.43 Å². The molecule has 0 aliphatic heterocycles. The highest BCUT2D eigenvalue weighted by molar-refractivity contribution is 4.59. The molecule has 18 heavy (non-hydrogen) atoms. The van der Waals surface area contributed by atoms with Gasteiger partial charge in [-0.2, -0.15) is 0 Å². The monoisotopic (exact) mass is 260 g/mol. The van der Waals surface area contributed by atoms with Crippen LogP contribution in [-0.2, 0) is 0 Å². The fraction of sp³-hybridized carbons (Fsp3) is 1.00. The Morgan fingerprint density at radius 2 is 1.33 bits per heavy atom. The Bertz CT molecular complexity index is 172. The van der Waals surface area contributed by atoms with E-state index in [0.717, 1.165) is 39.0 Å². The lowest BCUT2D eigenvalue weighted by Crippen LogP contribution is -2.44. The molecule has 0 radical (unpaired) electrons. The number of hydrogen-bond donors (Lipinski definition) is 2. The maximum atomic E-state index is 9.32. The lowest BCUT2D eigenvalue weighted by atomic mass is 10.3. The molecule has 0 fully saturated rings. The van der Waals surface area contributed by atoms with E-state index in [9.17, 15) is 5.11 Å². The number of rotatable bonds is 11. The van der Waals surface area contributed by atoms with E-state index in [1.54, 1.807) is 0 Å². The molecule has 0 saturated carbocycles. The van der Waals surface area contributed by atoms with Crippen molar-refractivity contribution in [1.82, 2.24) is 20.2 Å². The molecule has 0 saturated heterocycles. The van der Waals surface area contributed by atoms with Crippen molar-refractivity contribution < 1.29 is 5.11 Å². The van der Waals surface area contributed by atoms with Gasteiger partial charge in [-0.15, -0.1) is 0 Å². The minimum atomic E-state index is -0.296. The van der Waals surface area contributed by atoms with Crippen molar-refractivity contribution in [2.24, 2.45) is 0 Å². The van der Waals surface area contributed by atoms with Crippen LogP contribution in [0.2, 0.25) is 0 Å². The van der Waals surface area contributed by atoms with Crippen LogP contribution in [0.1, 0.15) is 19.8 Å². The molecule has 5 nitrogen and oxygen atoms in total. The van der Waals surface area contributed by atoms with Crippen LogP contribution >= 0.6 is 0 Å². The fourth-order valence-electron chi connectivity index (χ4n) is 1.69. The van der Waals surface area contributed by atoms with Gasteiger partial charge in [0.15, 0.2) is 0 Å². The molecule has 1 atom stereocenters. The second-order valence-corrected chi connectivity index (χ2v) is 5.51. The molecular weight excluding hydrogens is 228 g/mol. The number of hydrazine groups is 1. The lowest BCUT2D eigenvalue weighted by Gasteiger charge is -2.25. The molecular formula is C13H32N4O. The number of hydrogen-bond acceptors (Lipinski definition) is 5. The van der Waals surface area contributed by atoms with E-state index < -0.39 is 0 Å². The summed E-state index contributed by atoms with van der Waals surface area (Å²) in [6, 6.07) is 0. The van der Waals surface area contributed by atoms with Crippen LogP contribution in [0.5, 0.6) is 0 Å². The molecule has 2 N–H and O–H groups in total. The zero-order valence-electron chi connectivity index (χ0n) is 12.8. The van der Waals surface area contributed by atoms with Crippen molar-refractivity contribution >= 4 is 0 Å². The van der Waals surface area contributed by atoms with E-state index in [0.29, 0.717) is 6.54 Å². The summed E-state index contributed by atoms with van der Waals surface area (Å²) in [6.07, 6.45) is 1.99. The number of aliphatic hydroxyl groups excluding tert-OH is 1. The molecule has 0 aromatic carbocycles. The topological polar surface area (TPSA) is 42.0 Å². The van der Waals surface area contributed by atoms with Crippen LogP contribution in [0.4, 0.5) is 0 Å². The molecule has 0 spiro atoms. The second kappa shape index (κ2) is 10.7. The van der Waals surface area contributed by atoms with Gasteiger partial charge < -0.3 is 14.9 Å². The van der Waals surface area contributed by atoms with Gasteiger partial charge in [-0.1, -0.05) is 0 Å². The molecule has 0 amide bonds. The first-order valence-corrected chi connectivity index (χ1v) is 6.87. The van der Waals surface area contributed by atoms with Gasteiger partial charge in [0.25, 0.3) is 0 Å². The van der Waals surface area contributed by atoms with Crippen LogP contribution in [0.15, 0.2) is 0 Å². The van der Waals surface area contributed by atoms with Crippen molar-refractivity contribution in [3.05, 3.63) is 0 Å². The minimum Gasteiger partial charge on any atom is -0.392 e. The Hall–Kier alpha value is -0.200. The molecule has 110 valence electrons. The molecule has 1 unspecified atom stereocenters. The molecule has 0 aromatic rings. The van der Waals surface area contributed by atoms with Crippen molar-refractivity contribution in [3.63, 3.8) is 0 Å². The van der Waals surface area contributed by atoms with E-state index in [1.807, 2.05) is 6.92 Å². The molecule has 0 aromatic heterocycles. The first-order chi connectivity index (χ1) is 8.41. The second-order valence-electron chi connectivity index (χ2n) is 5.51. The third-order valence-electron chi connectivity index (χ3n) is 2.68. The Morgan fingerprint density at radius 3 is 1.67 bits per heavy atom. The highest BCUT2D eigenvalue weighted by Gasteiger charge is 2.06. The van der Waals surface area contributed by atoms with Gasteiger partial charge in [-0.05, 0) is 61.0 Å². The third kappa shape index (κ3) is 12.3. The van der Waals surface area contributed by atoms with E-state index in [1.165, 1.54) is 0 Å². The Labute approximate surface area is 113 Å². The average molecular weight is 260 g/mol. The van der Waals surface area contributed by atoms with Gasteiger partial charge in [0.1, 0.15) is 0 Å². The molecule has 0 aliphatic carbocycles. The summed E-state index contributed by atoms with van der Waals surface area (Å²) in [5.41, 5.74) is 3.31. The predicted molar refractivity (Wildman–Crippen MR) is 77.6 cm³/mol. The van der Waals surface area contributed by atoms with Crippen molar-refractivity contribution in [2.75, 3.05) is 60.9 Å². The van der Waals surface area contributed by atoms with Gasteiger partial charge in [0.05, 0.1) is 6.10 Å². The number of nitrogens with zero attached hydrogens (tertiary/aromatic N) is 3. The SMILES string of the molecule is CC(O)CNN(CCCN(C)C)CCCN(C)C. The summed E-state index contributed by atoms with van der Waals surface area (Å²) < 4.78 is 0. The maximum absolute atomic E-state index is 9.32. The van der Waals surface area contributed by atoms with E-state index in [-0.39, 0.29) is 6.10 Å². The number of nitrogens with one attached hydrogen (secondary N) is 1. The van der Waals surface area contributed by atoms with E-state index in [4.69, 9.17) is 0 Å². The Kier molecular flexibility index (Phi) is 10.6. The van der Waals surface area contributed by atoms with Crippen LogP contribution in [0.25, 0.3) is 0 Å². The molecule has 0 aliphatic rings.